The minimum Gasteiger partial charge on any atom is -0.481 e. The molecule has 1 aliphatic carbocycles. The molecule has 0 saturated heterocycles. The normalized spacial score (nSPS) is 25.4. The van der Waals surface area contributed by atoms with Gasteiger partial charge in [0.1, 0.15) is 0 Å². The molecule has 4 nitrogen and oxygen atoms in total. The van der Waals surface area contributed by atoms with Crippen molar-refractivity contribution in [2.45, 2.75) is 25.4 Å². The largest absolute Gasteiger partial charge is 0.481 e. The van der Waals surface area contributed by atoms with E-state index in [1.165, 1.54) is 0 Å². The highest BCUT2D eigenvalue weighted by atomic mass is 16.4. The van der Waals surface area contributed by atoms with Gasteiger partial charge in [0.05, 0.1) is 17.7 Å². The number of aliphatic hydroxyl groups is 1. The van der Waals surface area contributed by atoms with E-state index in [-0.39, 0.29) is 6.42 Å². The standard InChI is InChI=1S/C11H13NO3/c13-9-6-8(11(14)15)4-3-7-2-1-5-12-10(7)9/h1-2,5,8-9,13H,3-4,6H2,(H,14,15). The Morgan fingerprint density at radius 2 is 2.33 bits per heavy atom. The van der Waals surface area contributed by atoms with E-state index in [1.807, 2.05) is 12.1 Å². The summed E-state index contributed by atoms with van der Waals surface area (Å²) in [6.07, 6.45) is 2.40. The lowest BCUT2D eigenvalue weighted by molar-refractivity contribution is -0.143. The number of fused-ring (bicyclic) bond motifs is 1. The number of aliphatic hydroxyl groups excluding tert-OH is 1. The van der Waals surface area contributed by atoms with Crippen LogP contribution in [-0.4, -0.2) is 21.2 Å². The maximum Gasteiger partial charge on any atom is 0.306 e. The van der Waals surface area contributed by atoms with Crippen LogP contribution in [0.4, 0.5) is 0 Å². The lowest BCUT2D eigenvalue weighted by atomic mass is 9.99. The molecule has 0 fully saturated rings. The average molecular weight is 207 g/mol. The number of hydrogen-bond acceptors (Lipinski definition) is 3. The van der Waals surface area contributed by atoms with Crippen molar-refractivity contribution in [3.05, 3.63) is 29.6 Å². The zero-order valence-electron chi connectivity index (χ0n) is 8.26. The van der Waals surface area contributed by atoms with E-state index in [0.717, 1.165) is 5.56 Å². The predicted molar refractivity (Wildman–Crippen MR) is 53.3 cm³/mol. The van der Waals surface area contributed by atoms with Crippen LogP contribution in [0.2, 0.25) is 0 Å². The first-order chi connectivity index (χ1) is 7.18. The first-order valence-corrected chi connectivity index (χ1v) is 5.03. The van der Waals surface area contributed by atoms with Gasteiger partial charge in [-0.3, -0.25) is 9.78 Å². The second kappa shape index (κ2) is 3.98. The lowest BCUT2D eigenvalue weighted by Gasteiger charge is -2.11. The predicted octanol–water partition coefficient (Wildman–Crippen LogP) is 1.15. The third-order valence-electron chi connectivity index (χ3n) is 2.86. The van der Waals surface area contributed by atoms with Crippen LogP contribution in [0, 0.1) is 5.92 Å². The highest BCUT2D eigenvalue weighted by molar-refractivity contribution is 5.70. The maximum atomic E-state index is 10.9. The number of carboxylic acids is 1. The number of carbonyl (C=O) groups is 1. The fourth-order valence-corrected chi connectivity index (χ4v) is 2.02. The summed E-state index contributed by atoms with van der Waals surface area (Å²) in [5.74, 6) is -1.30. The molecule has 1 aliphatic rings. The molecule has 0 saturated carbocycles. The summed E-state index contributed by atoms with van der Waals surface area (Å²) in [6, 6.07) is 3.71. The fraction of sp³-hybridized carbons (Fsp3) is 0.455. The summed E-state index contributed by atoms with van der Waals surface area (Å²) >= 11 is 0. The van der Waals surface area contributed by atoms with Crippen molar-refractivity contribution in [1.29, 1.82) is 0 Å². The van der Waals surface area contributed by atoms with Gasteiger partial charge in [-0.25, -0.2) is 0 Å². The molecule has 0 bridgehead atoms. The highest BCUT2D eigenvalue weighted by Crippen LogP contribution is 2.30. The smallest absolute Gasteiger partial charge is 0.306 e. The molecule has 1 aromatic rings. The van der Waals surface area contributed by atoms with Gasteiger partial charge < -0.3 is 10.2 Å². The van der Waals surface area contributed by atoms with Crippen LogP contribution in [0.5, 0.6) is 0 Å². The summed E-state index contributed by atoms with van der Waals surface area (Å²) in [7, 11) is 0. The van der Waals surface area contributed by atoms with E-state index < -0.39 is 18.0 Å². The van der Waals surface area contributed by atoms with Gasteiger partial charge in [0.15, 0.2) is 0 Å². The minimum atomic E-state index is -0.832. The zero-order chi connectivity index (χ0) is 10.8. The molecule has 2 rings (SSSR count). The molecule has 0 spiro atoms. The molecular formula is C11H13NO3. The monoisotopic (exact) mass is 207 g/mol. The summed E-state index contributed by atoms with van der Waals surface area (Å²) < 4.78 is 0. The van der Waals surface area contributed by atoms with E-state index in [0.29, 0.717) is 18.5 Å². The second-order valence-corrected chi connectivity index (χ2v) is 3.87. The summed E-state index contributed by atoms with van der Waals surface area (Å²) in [5, 5.41) is 18.8. The van der Waals surface area contributed by atoms with Crippen molar-refractivity contribution in [1.82, 2.24) is 4.98 Å². The van der Waals surface area contributed by atoms with Gasteiger partial charge in [0.2, 0.25) is 0 Å². The van der Waals surface area contributed by atoms with Crippen molar-refractivity contribution in [3.8, 4) is 0 Å². The zero-order valence-corrected chi connectivity index (χ0v) is 8.26. The van der Waals surface area contributed by atoms with Crippen molar-refractivity contribution < 1.29 is 15.0 Å². The molecule has 2 unspecified atom stereocenters. The molecule has 1 aromatic heterocycles. The first kappa shape index (κ1) is 10.1. The van der Waals surface area contributed by atoms with Crippen molar-refractivity contribution in [3.63, 3.8) is 0 Å². The summed E-state index contributed by atoms with van der Waals surface area (Å²) in [4.78, 5) is 15.0. The van der Waals surface area contributed by atoms with Crippen molar-refractivity contribution >= 4 is 5.97 Å². The maximum absolute atomic E-state index is 10.9. The Labute approximate surface area is 87.6 Å². The van der Waals surface area contributed by atoms with E-state index in [1.54, 1.807) is 6.20 Å². The molecular weight excluding hydrogens is 194 g/mol. The number of hydrogen-bond donors (Lipinski definition) is 2. The first-order valence-electron chi connectivity index (χ1n) is 5.03. The third-order valence-corrected chi connectivity index (χ3v) is 2.86. The second-order valence-electron chi connectivity index (χ2n) is 3.87. The Hall–Kier alpha value is -1.42. The fourth-order valence-electron chi connectivity index (χ4n) is 2.02. The van der Waals surface area contributed by atoms with Crippen LogP contribution in [0.1, 0.15) is 30.2 Å². The van der Waals surface area contributed by atoms with Gasteiger partial charge in [-0.15, -0.1) is 0 Å². The SMILES string of the molecule is O=C(O)C1CCc2cccnc2C(O)C1. The molecule has 0 amide bonds. The Morgan fingerprint density at radius 1 is 1.53 bits per heavy atom. The van der Waals surface area contributed by atoms with E-state index in [2.05, 4.69) is 4.98 Å². The number of aromatic nitrogens is 1. The van der Waals surface area contributed by atoms with Gasteiger partial charge in [-0.1, -0.05) is 6.07 Å². The summed E-state index contributed by atoms with van der Waals surface area (Å²) in [5.41, 5.74) is 1.61. The van der Waals surface area contributed by atoms with E-state index in [4.69, 9.17) is 5.11 Å². The van der Waals surface area contributed by atoms with E-state index >= 15 is 0 Å². The number of carboxylic acid groups (broad SMARTS) is 1. The molecule has 1 heterocycles. The van der Waals surface area contributed by atoms with Gasteiger partial charge >= 0.3 is 5.97 Å². The molecule has 2 atom stereocenters. The minimum absolute atomic E-state index is 0.263. The van der Waals surface area contributed by atoms with Crippen LogP contribution < -0.4 is 0 Å². The van der Waals surface area contributed by atoms with Crippen molar-refractivity contribution in [2.24, 2.45) is 5.92 Å². The molecule has 0 radical (unpaired) electrons. The summed E-state index contributed by atoms with van der Waals surface area (Å²) in [6.45, 7) is 0. The van der Waals surface area contributed by atoms with Crippen LogP contribution in [0.3, 0.4) is 0 Å². The van der Waals surface area contributed by atoms with Crippen LogP contribution in [-0.2, 0) is 11.2 Å². The Kier molecular flexibility index (Phi) is 2.68. The number of aliphatic carboxylic acids is 1. The Balaban J connectivity index is 2.28. The molecule has 2 N–H and O–H groups in total. The number of pyridine rings is 1. The number of aryl methyl sites for hydroxylation is 1. The molecule has 15 heavy (non-hydrogen) atoms. The number of nitrogens with zero attached hydrogens (tertiary/aromatic N) is 1. The van der Waals surface area contributed by atoms with Crippen LogP contribution >= 0.6 is 0 Å². The van der Waals surface area contributed by atoms with Gasteiger partial charge in [0.25, 0.3) is 0 Å². The van der Waals surface area contributed by atoms with Crippen LogP contribution in [0.25, 0.3) is 0 Å². The third kappa shape index (κ3) is 1.99. The Morgan fingerprint density at radius 3 is 3.07 bits per heavy atom. The highest BCUT2D eigenvalue weighted by Gasteiger charge is 2.27. The van der Waals surface area contributed by atoms with Crippen LogP contribution in [0.15, 0.2) is 18.3 Å². The van der Waals surface area contributed by atoms with E-state index in [9.17, 15) is 9.90 Å². The Bertz CT molecular complexity index is 378. The van der Waals surface area contributed by atoms with Gasteiger partial charge in [-0.2, -0.15) is 0 Å². The topological polar surface area (TPSA) is 70.4 Å². The van der Waals surface area contributed by atoms with Gasteiger partial charge in [-0.05, 0) is 30.9 Å². The lowest BCUT2D eigenvalue weighted by Crippen LogP contribution is -2.15. The average Bonchev–Trinajstić information content (AvgIpc) is 2.39. The molecule has 0 aromatic carbocycles. The molecule has 80 valence electrons. The number of rotatable bonds is 1. The van der Waals surface area contributed by atoms with Gasteiger partial charge in [0, 0.05) is 6.20 Å². The molecule has 0 aliphatic heterocycles. The quantitative estimate of drug-likeness (QED) is 0.678. The molecule has 4 heteroatoms. The van der Waals surface area contributed by atoms with Crippen molar-refractivity contribution in [2.75, 3.05) is 0 Å².